The summed E-state index contributed by atoms with van der Waals surface area (Å²) in [6, 6.07) is 17.4. The van der Waals surface area contributed by atoms with Crippen LogP contribution in [0.15, 0.2) is 54.6 Å². The Morgan fingerprint density at radius 2 is 1.57 bits per heavy atom. The molecule has 2 aromatic rings. The standard InChI is InChI=1S/C27H35N5O3/c1-2-35-25(33)20-30-14-12-24(13-15-30)32-18-16-31(17-19-32)23-10-8-21(9-11-23)26(28)29-27(34)22-6-4-3-5-7-22/h3-11,24H,2,12-20H2,1H3,(H2,28,29,34). The molecule has 2 fully saturated rings. The van der Waals surface area contributed by atoms with Gasteiger partial charge >= 0.3 is 5.97 Å². The van der Waals surface area contributed by atoms with Crippen molar-refractivity contribution in [3.05, 3.63) is 65.7 Å². The minimum Gasteiger partial charge on any atom is -0.465 e. The molecule has 1 amide bonds. The number of amides is 1. The Balaban J connectivity index is 1.22. The zero-order valence-electron chi connectivity index (χ0n) is 20.4. The summed E-state index contributed by atoms with van der Waals surface area (Å²) >= 11 is 0. The predicted molar refractivity (Wildman–Crippen MR) is 137 cm³/mol. The number of rotatable bonds is 7. The first-order chi connectivity index (χ1) is 17.0. The van der Waals surface area contributed by atoms with E-state index in [4.69, 9.17) is 10.1 Å². The van der Waals surface area contributed by atoms with Gasteiger partial charge in [-0.1, -0.05) is 18.2 Å². The fraction of sp³-hybridized carbons (Fsp3) is 0.444. The highest BCUT2D eigenvalue weighted by atomic mass is 16.5. The second kappa shape index (κ2) is 12.0. The lowest BCUT2D eigenvalue weighted by atomic mass is 10.0. The van der Waals surface area contributed by atoms with Gasteiger partial charge in [-0.3, -0.25) is 24.8 Å². The number of ether oxygens (including phenoxy) is 1. The van der Waals surface area contributed by atoms with E-state index < -0.39 is 0 Å². The molecule has 0 aromatic heterocycles. The summed E-state index contributed by atoms with van der Waals surface area (Å²) in [5.74, 6) is -0.300. The van der Waals surface area contributed by atoms with E-state index in [1.54, 1.807) is 12.1 Å². The number of esters is 1. The fourth-order valence-electron chi connectivity index (χ4n) is 4.86. The Morgan fingerprint density at radius 1 is 0.914 bits per heavy atom. The number of benzene rings is 2. The molecule has 0 bridgehead atoms. The van der Waals surface area contributed by atoms with Crippen molar-refractivity contribution in [1.29, 1.82) is 5.41 Å². The Morgan fingerprint density at radius 3 is 2.20 bits per heavy atom. The molecule has 186 valence electrons. The van der Waals surface area contributed by atoms with Gasteiger partial charge in [0.25, 0.3) is 5.91 Å². The normalized spacial score (nSPS) is 17.7. The van der Waals surface area contributed by atoms with E-state index >= 15 is 0 Å². The molecule has 0 aliphatic carbocycles. The molecular weight excluding hydrogens is 442 g/mol. The minimum absolute atomic E-state index is 0.101. The van der Waals surface area contributed by atoms with Crippen molar-refractivity contribution >= 4 is 23.4 Å². The first-order valence-corrected chi connectivity index (χ1v) is 12.5. The van der Waals surface area contributed by atoms with Crippen LogP contribution in [0.1, 0.15) is 35.7 Å². The maximum atomic E-state index is 12.3. The van der Waals surface area contributed by atoms with Crippen molar-refractivity contribution in [2.45, 2.75) is 25.8 Å². The minimum atomic E-state index is -0.275. The smallest absolute Gasteiger partial charge is 0.320 e. The highest BCUT2D eigenvalue weighted by Crippen LogP contribution is 2.22. The maximum absolute atomic E-state index is 12.3. The Hall–Kier alpha value is -3.23. The molecule has 0 saturated carbocycles. The number of likely N-dealkylation sites (tertiary alicyclic amines) is 1. The van der Waals surface area contributed by atoms with E-state index in [-0.39, 0.29) is 17.7 Å². The van der Waals surface area contributed by atoms with Crippen LogP contribution in [-0.2, 0) is 9.53 Å². The third-order valence-corrected chi connectivity index (χ3v) is 6.84. The number of carbonyl (C=O) groups is 2. The Bertz CT molecular complexity index is 995. The average Bonchev–Trinajstić information content (AvgIpc) is 2.90. The molecule has 0 radical (unpaired) electrons. The lowest BCUT2D eigenvalue weighted by molar-refractivity contribution is -0.144. The van der Waals surface area contributed by atoms with E-state index in [2.05, 4.69) is 20.0 Å². The number of amidine groups is 1. The number of piperidine rings is 1. The van der Waals surface area contributed by atoms with Crippen molar-refractivity contribution in [1.82, 2.24) is 15.1 Å². The summed E-state index contributed by atoms with van der Waals surface area (Å²) in [6.45, 7) is 8.54. The van der Waals surface area contributed by atoms with E-state index in [0.717, 1.165) is 57.8 Å². The lowest BCUT2D eigenvalue weighted by Crippen LogP contribution is -2.53. The van der Waals surface area contributed by atoms with Crippen molar-refractivity contribution in [2.75, 3.05) is 57.3 Å². The highest BCUT2D eigenvalue weighted by Gasteiger charge is 2.28. The fourth-order valence-corrected chi connectivity index (χ4v) is 4.86. The van der Waals surface area contributed by atoms with E-state index in [0.29, 0.717) is 30.3 Å². The molecule has 0 spiro atoms. The van der Waals surface area contributed by atoms with Crippen LogP contribution in [-0.4, -0.2) is 86.0 Å². The van der Waals surface area contributed by atoms with E-state index in [9.17, 15) is 9.59 Å². The first kappa shape index (κ1) is 24.9. The van der Waals surface area contributed by atoms with Gasteiger partial charge in [0.2, 0.25) is 0 Å². The van der Waals surface area contributed by atoms with Gasteiger partial charge in [-0.25, -0.2) is 0 Å². The molecule has 2 aliphatic rings. The maximum Gasteiger partial charge on any atom is 0.320 e. The van der Waals surface area contributed by atoms with Gasteiger partial charge in [0, 0.05) is 62.1 Å². The number of piperazine rings is 1. The van der Waals surface area contributed by atoms with Crippen LogP contribution >= 0.6 is 0 Å². The zero-order chi connectivity index (χ0) is 24.6. The SMILES string of the molecule is CCOC(=O)CN1CCC(N2CCN(c3ccc(C(=N)NC(=O)c4ccccc4)cc3)CC2)CC1. The molecule has 0 unspecified atom stereocenters. The van der Waals surface area contributed by atoms with Crippen molar-refractivity contribution < 1.29 is 14.3 Å². The van der Waals surface area contributed by atoms with Gasteiger partial charge in [-0.15, -0.1) is 0 Å². The van der Waals surface area contributed by atoms with Crippen LogP contribution in [0.4, 0.5) is 5.69 Å². The van der Waals surface area contributed by atoms with Crippen LogP contribution in [0.25, 0.3) is 0 Å². The lowest BCUT2D eigenvalue weighted by Gasteiger charge is -2.43. The number of anilines is 1. The average molecular weight is 478 g/mol. The molecule has 8 nitrogen and oxygen atoms in total. The number of hydrogen-bond donors (Lipinski definition) is 2. The largest absolute Gasteiger partial charge is 0.465 e. The van der Waals surface area contributed by atoms with Gasteiger partial charge in [0.1, 0.15) is 5.84 Å². The summed E-state index contributed by atoms with van der Waals surface area (Å²) < 4.78 is 5.07. The van der Waals surface area contributed by atoms with Crippen molar-refractivity contribution in [2.24, 2.45) is 0 Å². The summed E-state index contributed by atoms with van der Waals surface area (Å²) in [5.41, 5.74) is 2.36. The highest BCUT2D eigenvalue weighted by molar-refractivity contribution is 6.11. The van der Waals surface area contributed by atoms with Gasteiger partial charge in [0.05, 0.1) is 13.2 Å². The summed E-state index contributed by atoms with van der Waals surface area (Å²) in [6.07, 6.45) is 2.18. The van der Waals surface area contributed by atoms with Gasteiger partial charge < -0.3 is 15.0 Å². The third kappa shape index (κ3) is 6.68. The summed E-state index contributed by atoms with van der Waals surface area (Å²) in [7, 11) is 0. The van der Waals surface area contributed by atoms with Crippen LogP contribution in [0.5, 0.6) is 0 Å². The van der Waals surface area contributed by atoms with E-state index in [1.165, 1.54) is 0 Å². The second-order valence-electron chi connectivity index (χ2n) is 9.08. The Kier molecular flexibility index (Phi) is 8.50. The first-order valence-electron chi connectivity index (χ1n) is 12.5. The van der Waals surface area contributed by atoms with Crippen LogP contribution < -0.4 is 10.2 Å². The number of hydrogen-bond acceptors (Lipinski definition) is 7. The molecule has 2 N–H and O–H groups in total. The van der Waals surface area contributed by atoms with Crippen molar-refractivity contribution in [3.63, 3.8) is 0 Å². The topological polar surface area (TPSA) is 89.0 Å². The van der Waals surface area contributed by atoms with E-state index in [1.807, 2.05) is 49.4 Å². The van der Waals surface area contributed by atoms with Crippen LogP contribution in [0.2, 0.25) is 0 Å². The molecule has 35 heavy (non-hydrogen) atoms. The molecule has 4 rings (SSSR count). The van der Waals surface area contributed by atoms with Gasteiger partial charge in [-0.05, 0) is 56.2 Å². The number of carbonyl (C=O) groups excluding carboxylic acids is 2. The zero-order valence-corrected chi connectivity index (χ0v) is 20.4. The molecule has 2 aliphatic heterocycles. The van der Waals surface area contributed by atoms with Crippen molar-refractivity contribution in [3.8, 4) is 0 Å². The third-order valence-electron chi connectivity index (χ3n) is 6.84. The Labute approximate surface area is 207 Å². The molecule has 8 heteroatoms. The van der Waals surface area contributed by atoms with Gasteiger partial charge in [0.15, 0.2) is 0 Å². The molecule has 2 heterocycles. The monoisotopic (exact) mass is 477 g/mol. The quantitative estimate of drug-likeness (QED) is 0.362. The number of nitrogens with one attached hydrogen (secondary N) is 2. The summed E-state index contributed by atoms with van der Waals surface area (Å²) in [4.78, 5) is 31.2. The molecular formula is C27H35N5O3. The predicted octanol–water partition coefficient (Wildman–Crippen LogP) is 2.59. The van der Waals surface area contributed by atoms with Crippen LogP contribution in [0.3, 0.4) is 0 Å². The second-order valence-corrected chi connectivity index (χ2v) is 9.08. The number of nitrogens with zero attached hydrogens (tertiary/aromatic N) is 3. The molecule has 2 aromatic carbocycles. The molecule has 2 saturated heterocycles. The summed E-state index contributed by atoms with van der Waals surface area (Å²) in [5, 5.41) is 10.9. The van der Waals surface area contributed by atoms with Crippen LogP contribution in [0, 0.1) is 5.41 Å². The van der Waals surface area contributed by atoms with Gasteiger partial charge in [-0.2, -0.15) is 0 Å². The molecule has 0 atom stereocenters.